The molecule has 2 N–H and O–H groups in total. The molecular weight excluding hydrogens is 423 g/mol. The van der Waals surface area contributed by atoms with E-state index < -0.39 is 11.7 Å². The number of nitrogens with zero attached hydrogens (tertiary/aromatic N) is 2. The van der Waals surface area contributed by atoms with E-state index in [0.29, 0.717) is 11.1 Å². The number of carbonyl (C=O) groups excluding carboxylic acids is 1. The molecule has 1 aromatic heterocycles. The summed E-state index contributed by atoms with van der Waals surface area (Å²) in [6.07, 6.45) is -4.45. The van der Waals surface area contributed by atoms with E-state index in [1.807, 2.05) is 19.9 Å². The fourth-order valence-corrected chi connectivity index (χ4v) is 3.60. The van der Waals surface area contributed by atoms with Gasteiger partial charge in [0.1, 0.15) is 0 Å². The molecule has 0 saturated heterocycles. The molecule has 1 amide bonds. The fourth-order valence-electron chi connectivity index (χ4n) is 3.60. The zero-order valence-electron chi connectivity index (χ0n) is 18.2. The number of alkyl halides is 3. The van der Waals surface area contributed by atoms with Gasteiger partial charge < -0.3 is 9.84 Å². The normalized spacial score (nSPS) is 12.4. The smallest absolute Gasteiger partial charge is 0.416 e. The van der Waals surface area contributed by atoms with Crippen LogP contribution in [0.5, 0.6) is 5.88 Å². The molecule has 1 heterocycles. The zero-order valence-corrected chi connectivity index (χ0v) is 18.2. The molecule has 2 aromatic carbocycles. The Bertz CT molecular complexity index is 1180. The summed E-state index contributed by atoms with van der Waals surface area (Å²) < 4.78 is 46.4. The van der Waals surface area contributed by atoms with Gasteiger partial charge in [-0.3, -0.25) is 9.36 Å². The van der Waals surface area contributed by atoms with Crippen LogP contribution in [0.15, 0.2) is 41.5 Å². The lowest BCUT2D eigenvalue weighted by Crippen LogP contribution is -2.20. The van der Waals surface area contributed by atoms with Crippen LogP contribution in [0.25, 0.3) is 16.6 Å². The van der Waals surface area contributed by atoms with Gasteiger partial charge in [-0.25, -0.2) is 5.43 Å². The van der Waals surface area contributed by atoms with Crippen LogP contribution in [-0.4, -0.2) is 35.0 Å². The average molecular weight is 447 g/mol. The highest BCUT2D eigenvalue weighted by atomic mass is 19.4. The number of methoxy groups -OCH3 is 1. The van der Waals surface area contributed by atoms with Gasteiger partial charge in [0.2, 0.25) is 11.8 Å². The van der Waals surface area contributed by atoms with Gasteiger partial charge in [-0.2, -0.15) is 18.3 Å². The summed E-state index contributed by atoms with van der Waals surface area (Å²) in [4.78, 5) is 11.9. The van der Waals surface area contributed by atoms with Crippen molar-refractivity contribution in [3.05, 3.63) is 58.7 Å². The van der Waals surface area contributed by atoms with E-state index in [4.69, 9.17) is 4.74 Å². The Balaban J connectivity index is 2.21. The third kappa shape index (κ3) is 4.77. The topological polar surface area (TPSA) is 75.8 Å². The highest BCUT2D eigenvalue weighted by Gasteiger charge is 2.32. The van der Waals surface area contributed by atoms with E-state index in [2.05, 4.69) is 10.5 Å². The third-order valence-electron chi connectivity index (χ3n) is 4.98. The number of aryl methyl sites for hydroxylation is 2. The van der Waals surface area contributed by atoms with Crippen LogP contribution in [0.3, 0.4) is 0 Å². The minimum Gasteiger partial charge on any atom is -0.494 e. The first-order chi connectivity index (χ1) is 15.0. The maximum Gasteiger partial charge on any atom is 0.416 e. The van der Waals surface area contributed by atoms with Crippen LogP contribution in [0.1, 0.15) is 35.6 Å². The Morgan fingerprint density at radius 1 is 1.16 bits per heavy atom. The standard InChI is InChI=1S/C23H24F3N3O3/c1-13-9-14(2)11-17(10-13)29-19-12-16(23(24,25)26)5-6-18(19)21(22(29)31)15(3)27-28-20(30)7-8-32-4/h5-6,9-12,31H,7-8H2,1-4H3,(H,28,30). The maximum atomic E-state index is 13.4. The monoisotopic (exact) mass is 447 g/mol. The van der Waals surface area contributed by atoms with E-state index in [0.717, 1.165) is 23.3 Å². The molecule has 3 aromatic rings. The van der Waals surface area contributed by atoms with Crippen molar-refractivity contribution in [3.63, 3.8) is 0 Å². The number of benzene rings is 2. The summed E-state index contributed by atoms with van der Waals surface area (Å²) in [5.74, 6) is -0.653. The lowest BCUT2D eigenvalue weighted by Gasteiger charge is -2.11. The van der Waals surface area contributed by atoms with E-state index in [9.17, 15) is 23.1 Å². The second-order valence-electron chi connectivity index (χ2n) is 7.58. The van der Waals surface area contributed by atoms with Crippen LogP contribution in [0.2, 0.25) is 0 Å². The molecule has 0 radical (unpaired) electrons. The molecule has 32 heavy (non-hydrogen) atoms. The van der Waals surface area contributed by atoms with Crippen LogP contribution in [0, 0.1) is 13.8 Å². The van der Waals surface area contributed by atoms with Crippen molar-refractivity contribution in [2.75, 3.05) is 13.7 Å². The Morgan fingerprint density at radius 2 is 1.81 bits per heavy atom. The number of aromatic hydroxyl groups is 1. The largest absolute Gasteiger partial charge is 0.494 e. The second kappa shape index (κ2) is 9.04. The molecule has 9 heteroatoms. The van der Waals surface area contributed by atoms with Gasteiger partial charge in [0.05, 0.1) is 35.4 Å². The molecule has 0 bridgehead atoms. The number of hydrazone groups is 1. The Labute approximate surface area is 183 Å². The van der Waals surface area contributed by atoms with Crippen LogP contribution in [0.4, 0.5) is 13.2 Å². The molecule has 0 aliphatic carbocycles. The predicted octanol–water partition coefficient (Wildman–Crippen LogP) is 4.85. The van der Waals surface area contributed by atoms with Crippen LogP contribution in [-0.2, 0) is 15.7 Å². The minimum atomic E-state index is -4.54. The summed E-state index contributed by atoms with van der Waals surface area (Å²) >= 11 is 0. The maximum absolute atomic E-state index is 13.4. The summed E-state index contributed by atoms with van der Waals surface area (Å²) in [6.45, 7) is 5.51. The van der Waals surface area contributed by atoms with Crippen molar-refractivity contribution in [3.8, 4) is 11.6 Å². The van der Waals surface area contributed by atoms with Gasteiger partial charge in [-0.15, -0.1) is 0 Å². The van der Waals surface area contributed by atoms with E-state index in [-0.39, 0.29) is 41.6 Å². The second-order valence-corrected chi connectivity index (χ2v) is 7.58. The number of hydrogen-bond acceptors (Lipinski definition) is 4. The number of hydrogen-bond donors (Lipinski definition) is 2. The van der Waals surface area contributed by atoms with Gasteiger partial charge in [-0.1, -0.05) is 12.1 Å². The lowest BCUT2D eigenvalue weighted by molar-refractivity contribution is -0.137. The van der Waals surface area contributed by atoms with Gasteiger partial charge >= 0.3 is 6.18 Å². The number of nitrogens with one attached hydrogen (secondary N) is 1. The number of aromatic nitrogens is 1. The number of halogens is 3. The molecule has 3 rings (SSSR count). The summed E-state index contributed by atoms with van der Waals surface area (Å²) in [5, 5.41) is 15.5. The van der Waals surface area contributed by atoms with E-state index in [1.54, 1.807) is 19.1 Å². The predicted molar refractivity (Wildman–Crippen MR) is 116 cm³/mol. The Hall–Kier alpha value is -3.33. The highest BCUT2D eigenvalue weighted by Crippen LogP contribution is 2.39. The summed E-state index contributed by atoms with van der Waals surface area (Å²) in [7, 11) is 1.47. The van der Waals surface area contributed by atoms with Crippen molar-refractivity contribution < 1.29 is 27.8 Å². The molecule has 0 fully saturated rings. The zero-order chi connectivity index (χ0) is 23.6. The molecule has 0 aliphatic heterocycles. The number of ether oxygens (including phenoxy) is 1. The molecule has 0 saturated carbocycles. The number of fused-ring (bicyclic) bond motifs is 1. The molecule has 6 nitrogen and oxygen atoms in total. The highest BCUT2D eigenvalue weighted by molar-refractivity contribution is 6.13. The van der Waals surface area contributed by atoms with Gasteiger partial charge in [-0.05, 0) is 56.2 Å². The van der Waals surface area contributed by atoms with Crippen molar-refractivity contribution in [1.29, 1.82) is 0 Å². The van der Waals surface area contributed by atoms with Crippen molar-refractivity contribution >= 4 is 22.5 Å². The molecular formula is C23H24F3N3O3. The van der Waals surface area contributed by atoms with Gasteiger partial charge in [0.25, 0.3) is 0 Å². The SMILES string of the molecule is COCCC(=O)NN=C(C)c1c(O)n(-c2cc(C)cc(C)c2)c2cc(C(F)(F)F)ccc12. The summed E-state index contributed by atoms with van der Waals surface area (Å²) in [5.41, 5.74) is 4.52. The first kappa shape index (κ1) is 23.3. The first-order valence-corrected chi connectivity index (χ1v) is 9.88. The fraction of sp³-hybridized carbons (Fsp3) is 0.304. The van der Waals surface area contributed by atoms with Crippen LogP contribution < -0.4 is 5.43 Å². The number of rotatable bonds is 6. The molecule has 0 spiro atoms. The van der Waals surface area contributed by atoms with Gasteiger partial charge in [0, 0.05) is 18.2 Å². The van der Waals surface area contributed by atoms with Crippen molar-refractivity contribution in [2.45, 2.75) is 33.4 Å². The third-order valence-corrected chi connectivity index (χ3v) is 4.98. The molecule has 0 aliphatic rings. The Kier molecular flexibility index (Phi) is 6.59. The average Bonchev–Trinajstić information content (AvgIpc) is 3.00. The van der Waals surface area contributed by atoms with Crippen molar-refractivity contribution in [2.24, 2.45) is 5.10 Å². The van der Waals surface area contributed by atoms with E-state index >= 15 is 0 Å². The Morgan fingerprint density at radius 3 is 2.41 bits per heavy atom. The van der Waals surface area contributed by atoms with Gasteiger partial charge in [0.15, 0.2) is 0 Å². The minimum absolute atomic E-state index is 0.0958. The quantitative estimate of drug-likeness (QED) is 0.419. The van der Waals surface area contributed by atoms with Crippen molar-refractivity contribution in [1.82, 2.24) is 9.99 Å². The molecule has 170 valence electrons. The molecule has 0 atom stereocenters. The van der Waals surface area contributed by atoms with Crippen LogP contribution >= 0.6 is 0 Å². The number of carbonyl (C=O) groups is 1. The number of amides is 1. The first-order valence-electron chi connectivity index (χ1n) is 9.88. The van der Waals surface area contributed by atoms with E-state index in [1.165, 1.54) is 17.7 Å². The lowest BCUT2D eigenvalue weighted by atomic mass is 10.1. The summed E-state index contributed by atoms with van der Waals surface area (Å²) in [6, 6.07) is 8.74. The molecule has 0 unspecified atom stereocenters.